The third-order valence-corrected chi connectivity index (χ3v) is 5.50. The number of imidazole rings is 1. The van der Waals surface area contributed by atoms with Crippen molar-refractivity contribution in [1.82, 2.24) is 19.4 Å². The van der Waals surface area contributed by atoms with E-state index in [1.54, 1.807) is 31.5 Å². The zero-order chi connectivity index (χ0) is 19.8. The van der Waals surface area contributed by atoms with Crippen LogP contribution >= 0.6 is 11.6 Å². The molecule has 0 radical (unpaired) electrons. The number of ether oxygens (including phenoxy) is 1. The second-order valence-electron chi connectivity index (χ2n) is 7.38. The maximum atomic E-state index is 13.1. The van der Waals surface area contributed by atoms with Crippen molar-refractivity contribution in [3.05, 3.63) is 53.1 Å². The molecule has 2 aromatic heterocycles. The standard InChI is InChI=1S/C21H23ClN4O2/c1-13(2)26-18-11-23-8-6-17(18)24-20(26)14-7-9-25(12-14)21(27)16-10-15(22)4-5-19(16)28-3/h4-6,8,10-11,13-14H,7,9,12H2,1-3H3. The Morgan fingerprint density at radius 1 is 1.32 bits per heavy atom. The van der Waals surface area contributed by atoms with Gasteiger partial charge in [-0.3, -0.25) is 9.78 Å². The van der Waals surface area contributed by atoms with Gasteiger partial charge in [0.2, 0.25) is 0 Å². The number of fused-ring (bicyclic) bond motifs is 1. The van der Waals surface area contributed by atoms with Crippen LogP contribution in [0.2, 0.25) is 5.02 Å². The van der Waals surface area contributed by atoms with E-state index in [2.05, 4.69) is 23.4 Å². The second kappa shape index (κ2) is 7.43. The number of methoxy groups -OCH3 is 1. The molecule has 4 rings (SSSR count). The summed E-state index contributed by atoms with van der Waals surface area (Å²) >= 11 is 6.10. The Bertz CT molecular complexity index is 1030. The topological polar surface area (TPSA) is 60.2 Å². The number of nitrogens with zero attached hydrogens (tertiary/aromatic N) is 4. The molecule has 146 valence electrons. The van der Waals surface area contributed by atoms with E-state index in [-0.39, 0.29) is 17.9 Å². The van der Waals surface area contributed by atoms with E-state index in [0.717, 1.165) is 23.3 Å². The summed E-state index contributed by atoms with van der Waals surface area (Å²) in [5.74, 6) is 1.68. The SMILES string of the molecule is COc1ccc(Cl)cc1C(=O)N1CCC(c2nc3ccncc3n2C(C)C)C1. The molecule has 0 saturated carbocycles. The van der Waals surface area contributed by atoms with Gasteiger partial charge in [-0.25, -0.2) is 4.98 Å². The van der Waals surface area contributed by atoms with Gasteiger partial charge in [0.05, 0.1) is 29.9 Å². The monoisotopic (exact) mass is 398 g/mol. The maximum Gasteiger partial charge on any atom is 0.257 e. The average Bonchev–Trinajstić information content (AvgIpc) is 3.32. The summed E-state index contributed by atoms with van der Waals surface area (Å²) in [5, 5.41) is 0.522. The highest BCUT2D eigenvalue weighted by Crippen LogP contribution is 2.33. The van der Waals surface area contributed by atoms with Crippen molar-refractivity contribution in [3.63, 3.8) is 0 Å². The van der Waals surface area contributed by atoms with Gasteiger partial charge in [0, 0.05) is 36.3 Å². The first kappa shape index (κ1) is 18.7. The van der Waals surface area contributed by atoms with E-state index in [4.69, 9.17) is 21.3 Å². The highest BCUT2D eigenvalue weighted by Gasteiger charge is 2.33. The molecule has 3 aromatic rings. The number of likely N-dealkylation sites (tertiary alicyclic amines) is 1. The Morgan fingerprint density at radius 2 is 2.14 bits per heavy atom. The molecule has 1 fully saturated rings. The zero-order valence-electron chi connectivity index (χ0n) is 16.2. The van der Waals surface area contributed by atoms with Crippen LogP contribution in [0.4, 0.5) is 0 Å². The molecule has 3 heterocycles. The number of carbonyl (C=O) groups is 1. The smallest absolute Gasteiger partial charge is 0.257 e. The van der Waals surface area contributed by atoms with Gasteiger partial charge in [0.1, 0.15) is 11.6 Å². The maximum absolute atomic E-state index is 13.1. The fraction of sp³-hybridized carbons (Fsp3) is 0.381. The van der Waals surface area contributed by atoms with Crippen LogP contribution in [0.15, 0.2) is 36.7 Å². The number of benzene rings is 1. The Labute approximate surface area is 169 Å². The third kappa shape index (κ3) is 3.22. The Balaban J connectivity index is 1.63. The van der Waals surface area contributed by atoms with Crippen LogP contribution in [0.3, 0.4) is 0 Å². The Kier molecular flexibility index (Phi) is 4.98. The number of carbonyl (C=O) groups excluding carboxylic acids is 1. The van der Waals surface area contributed by atoms with Crippen molar-refractivity contribution in [1.29, 1.82) is 0 Å². The lowest BCUT2D eigenvalue weighted by molar-refractivity contribution is 0.0787. The minimum atomic E-state index is -0.0595. The first-order valence-electron chi connectivity index (χ1n) is 9.44. The lowest BCUT2D eigenvalue weighted by atomic mass is 10.1. The molecule has 1 unspecified atom stereocenters. The number of aromatic nitrogens is 3. The van der Waals surface area contributed by atoms with Crippen LogP contribution in [0.25, 0.3) is 11.0 Å². The van der Waals surface area contributed by atoms with Crippen LogP contribution < -0.4 is 4.74 Å². The van der Waals surface area contributed by atoms with E-state index in [0.29, 0.717) is 29.4 Å². The lowest BCUT2D eigenvalue weighted by Gasteiger charge is -2.19. The summed E-state index contributed by atoms with van der Waals surface area (Å²) in [4.78, 5) is 24.1. The number of hydrogen-bond acceptors (Lipinski definition) is 4. The molecular formula is C21H23ClN4O2. The van der Waals surface area contributed by atoms with Crippen molar-refractivity contribution in [2.75, 3.05) is 20.2 Å². The van der Waals surface area contributed by atoms with Gasteiger partial charge in [-0.15, -0.1) is 0 Å². The molecule has 1 aliphatic heterocycles. The zero-order valence-corrected chi connectivity index (χ0v) is 17.0. The molecule has 1 atom stereocenters. The summed E-state index contributed by atoms with van der Waals surface area (Å²) in [5.41, 5.74) is 2.48. The molecule has 6 nitrogen and oxygen atoms in total. The van der Waals surface area contributed by atoms with Gasteiger partial charge < -0.3 is 14.2 Å². The van der Waals surface area contributed by atoms with E-state index in [1.165, 1.54) is 0 Å². The number of hydrogen-bond donors (Lipinski definition) is 0. The summed E-state index contributed by atoms with van der Waals surface area (Å²) in [7, 11) is 1.56. The Hall–Kier alpha value is -2.60. The van der Waals surface area contributed by atoms with Gasteiger partial charge in [0.25, 0.3) is 5.91 Å². The molecule has 0 spiro atoms. The fourth-order valence-corrected chi connectivity index (χ4v) is 4.14. The Morgan fingerprint density at radius 3 is 2.89 bits per heavy atom. The van der Waals surface area contributed by atoms with Crippen LogP contribution in [0.5, 0.6) is 5.75 Å². The first-order valence-corrected chi connectivity index (χ1v) is 9.82. The van der Waals surface area contributed by atoms with E-state index in [9.17, 15) is 4.79 Å². The van der Waals surface area contributed by atoms with Crippen molar-refractivity contribution in [2.24, 2.45) is 0 Å². The highest BCUT2D eigenvalue weighted by molar-refractivity contribution is 6.31. The summed E-state index contributed by atoms with van der Waals surface area (Å²) in [6.07, 6.45) is 4.50. The minimum Gasteiger partial charge on any atom is -0.496 e. The molecule has 1 amide bonds. The normalized spacial score (nSPS) is 16.9. The highest BCUT2D eigenvalue weighted by atomic mass is 35.5. The summed E-state index contributed by atoms with van der Waals surface area (Å²) in [6, 6.07) is 7.33. The van der Waals surface area contributed by atoms with Gasteiger partial charge in [-0.05, 0) is 44.5 Å². The van der Waals surface area contributed by atoms with Crippen LogP contribution in [-0.2, 0) is 0 Å². The molecule has 0 aliphatic carbocycles. The minimum absolute atomic E-state index is 0.0595. The van der Waals surface area contributed by atoms with Crippen molar-refractivity contribution >= 4 is 28.5 Å². The molecule has 7 heteroatoms. The third-order valence-electron chi connectivity index (χ3n) is 5.27. The molecule has 28 heavy (non-hydrogen) atoms. The largest absolute Gasteiger partial charge is 0.496 e. The van der Waals surface area contributed by atoms with E-state index < -0.39 is 0 Å². The quantitative estimate of drug-likeness (QED) is 0.657. The van der Waals surface area contributed by atoms with E-state index >= 15 is 0 Å². The molecule has 0 N–H and O–H groups in total. The second-order valence-corrected chi connectivity index (χ2v) is 7.82. The molecule has 1 saturated heterocycles. The molecule has 1 aliphatic rings. The number of rotatable bonds is 4. The first-order chi connectivity index (χ1) is 13.5. The molecule has 0 bridgehead atoms. The molecule has 1 aromatic carbocycles. The summed E-state index contributed by atoms with van der Waals surface area (Å²) < 4.78 is 7.59. The number of pyridine rings is 1. The predicted molar refractivity (Wildman–Crippen MR) is 109 cm³/mol. The molecular weight excluding hydrogens is 376 g/mol. The van der Waals surface area contributed by atoms with E-state index in [1.807, 2.05) is 17.2 Å². The van der Waals surface area contributed by atoms with Gasteiger partial charge in [0.15, 0.2) is 0 Å². The summed E-state index contributed by atoms with van der Waals surface area (Å²) in [6.45, 7) is 5.59. The number of halogens is 1. The van der Waals surface area contributed by atoms with Crippen molar-refractivity contribution < 1.29 is 9.53 Å². The van der Waals surface area contributed by atoms with Gasteiger partial charge in [-0.1, -0.05) is 11.6 Å². The van der Waals surface area contributed by atoms with Gasteiger partial charge in [-0.2, -0.15) is 0 Å². The van der Waals surface area contributed by atoms with Crippen molar-refractivity contribution in [3.8, 4) is 5.75 Å². The van der Waals surface area contributed by atoms with Crippen LogP contribution in [-0.4, -0.2) is 45.5 Å². The van der Waals surface area contributed by atoms with Crippen LogP contribution in [0, 0.1) is 0 Å². The van der Waals surface area contributed by atoms with Gasteiger partial charge >= 0.3 is 0 Å². The predicted octanol–water partition coefficient (Wildman–Crippen LogP) is 4.30. The number of amides is 1. The van der Waals surface area contributed by atoms with Crippen molar-refractivity contribution in [2.45, 2.75) is 32.2 Å². The lowest BCUT2D eigenvalue weighted by Crippen LogP contribution is -2.29. The average molecular weight is 399 g/mol. The van der Waals surface area contributed by atoms with Crippen LogP contribution in [0.1, 0.15) is 48.4 Å². The fourth-order valence-electron chi connectivity index (χ4n) is 3.96.